The fourth-order valence-corrected chi connectivity index (χ4v) is 2.19. The molecule has 1 atom stereocenters. The van der Waals surface area contributed by atoms with Gasteiger partial charge in [-0.15, -0.1) is 0 Å². The summed E-state index contributed by atoms with van der Waals surface area (Å²) < 4.78 is 0. The van der Waals surface area contributed by atoms with E-state index < -0.39 is 5.97 Å². The van der Waals surface area contributed by atoms with Gasteiger partial charge in [-0.2, -0.15) is 0 Å². The zero-order valence-electron chi connectivity index (χ0n) is 12.9. The molecule has 1 unspecified atom stereocenters. The first-order valence-corrected chi connectivity index (χ1v) is 7.51. The second-order valence-electron chi connectivity index (χ2n) is 5.67. The van der Waals surface area contributed by atoms with E-state index >= 15 is 0 Å². The molecule has 0 fully saturated rings. The summed E-state index contributed by atoms with van der Waals surface area (Å²) in [7, 11) is 0. The number of amides is 1. The monoisotopic (exact) mass is 291 g/mol. The van der Waals surface area contributed by atoms with Crippen LogP contribution in [0.2, 0.25) is 0 Å². The van der Waals surface area contributed by atoms with E-state index in [4.69, 9.17) is 5.11 Å². The second-order valence-corrected chi connectivity index (χ2v) is 5.67. The highest BCUT2D eigenvalue weighted by molar-refractivity contribution is 5.76. The standard InChI is InChI=1S/C17H25NO3/c1-13(6-9-17(20)21)10-11-18-16(19)8-7-15-5-3-4-14(2)12-15/h3-5,12-13H,6-11H2,1-2H3,(H,18,19)(H,20,21). The van der Waals surface area contributed by atoms with E-state index in [1.807, 2.05) is 32.0 Å². The van der Waals surface area contributed by atoms with Crippen LogP contribution in [0.4, 0.5) is 0 Å². The van der Waals surface area contributed by atoms with Gasteiger partial charge in [0.15, 0.2) is 0 Å². The van der Waals surface area contributed by atoms with E-state index in [-0.39, 0.29) is 12.3 Å². The van der Waals surface area contributed by atoms with E-state index in [1.54, 1.807) is 0 Å². The molecule has 0 spiro atoms. The summed E-state index contributed by atoms with van der Waals surface area (Å²) in [6.07, 6.45) is 2.93. The number of hydrogen-bond donors (Lipinski definition) is 2. The van der Waals surface area contributed by atoms with Gasteiger partial charge in [0.2, 0.25) is 5.91 Å². The number of benzene rings is 1. The van der Waals surface area contributed by atoms with Crippen LogP contribution in [0, 0.1) is 12.8 Å². The first-order valence-electron chi connectivity index (χ1n) is 7.51. The van der Waals surface area contributed by atoms with Crippen molar-refractivity contribution in [2.75, 3.05) is 6.54 Å². The van der Waals surface area contributed by atoms with Gasteiger partial charge in [0.05, 0.1) is 0 Å². The van der Waals surface area contributed by atoms with E-state index in [1.165, 1.54) is 11.1 Å². The Kier molecular flexibility index (Phi) is 7.51. The Hall–Kier alpha value is -1.84. The van der Waals surface area contributed by atoms with E-state index in [0.29, 0.717) is 25.3 Å². The molecular weight excluding hydrogens is 266 g/mol. The number of carboxylic acids is 1. The van der Waals surface area contributed by atoms with Gasteiger partial charge in [-0.1, -0.05) is 36.8 Å². The third kappa shape index (κ3) is 8.12. The quantitative estimate of drug-likeness (QED) is 0.735. The highest BCUT2D eigenvalue weighted by atomic mass is 16.4. The molecule has 4 nitrogen and oxygen atoms in total. The van der Waals surface area contributed by atoms with Gasteiger partial charge in [0.1, 0.15) is 0 Å². The van der Waals surface area contributed by atoms with Crippen LogP contribution in [0.3, 0.4) is 0 Å². The average molecular weight is 291 g/mol. The van der Waals surface area contributed by atoms with Crippen molar-refractivity contribution in [1.82, 2.24) is 5.32 Å². The molecule has 0 radical (unpaired) electrons. The molecule has 1 amide bonds. The number of carbonyl (C=O) groups excluding carboxylic acids is 1. The molecule has 1 aromatic rings. The third-order valence-electron chi connectivity index (χ3n) is 3.53. The molecule has 1 rings (SSSR count). The van der Waals surface area contributed by atoms with Gasteiger partial charge < -0.3 is 10.4 Å². The van der Waals surface area contributed by atoms with Crippen LogP contribution < -0.4 is 5.32 Å². The van der Waals surface area contributed by atoms with Crippen LogP contribution in [0.5, 0.6) is 0 Å². The van der Waals surface area contributed by atoms with Crippen LogP contribution >= 0.6 is 0 Å². The van der Waals surface area contributed by atoms with Crippen molar-refractivity contribution >= 4 is 11.9 Å². The van der Waals surface area contributed by atoms with Gasteiger partial charge in [0.25, 0.3) is 0 Å². The lowest BCUT2D eigenvalue weighted by Gasteiger charge is -2.11. The van der Waals surface area contributed by atoms with Gasteiger partial charge in [-0.3, -0.25) is 9.59 Å². The van der Waals surface area contributed by atoms with Crippen molar-refractivity contribution in [3.05, 3.63) is 35.4 Å². The van der Waals surface area contributed by atoms with E-state index in [2.05, 4.69) is 11.4 Å². The molecule has 1 aromatic carbocycles. The molecule has 4 heteroatoms. The first-order chi connectivity index (χ1) is 9.97. The van der Waals surface area contributed by atoms with Gasteiger partial charge in [-0.05, 0) is 37.7 Å². The minimum atomic E-state index is -0.760. The summed E-state index contributed by atoms with van der Waals surface area (Å²) in [6.45, 7) is 4.68. The molecule has 0 bridgehead atoms. The number of hydrogen-bond acceptors (Lipinski definition) is 2. The lowest BCUT2D eigenvalue weighted by molar-refractivity contribution is -0.137. The maximum absolute atomic E-state index is 11.7. The highest BCUT2D eigenvalue weighted by Gasteiger charge is 2.07. The molecule has 0 aliphatic heterocycles. The lowest BCUT2D eigenvalue weighted by Crippen LogP contribution is -2.25. The van der Waals surface area contributed by atoms with E-state index in [9.17, 15) is 9.59 Å². The SMILES string of the molecule is Cc1cccc(CCC(=O)NCCC(C)CCC(=O)O)c1. The highest BCUT2D eigenvalue weighted by Crippen LogP contribution is 2.09. The largest absolute Gasteiger partial charge is 0.481 e. The summed E-state index contributed by atoms with van der Waals surface area (Å²) in [5.41, 5.74) is 2.39. The fourth-order valence-electron chi connectivity index (χ4n) is 2.19. The Morgan fingerprint density at radius 2 is 2.00 bits per heavy atom. The summed E-state index contributed by atoms with van der Waals surface area (Å²) in [6, 6.07) is 8.18. The van der Waals surface area contributed by atoms with Crippen LogP contribution in [0.25, 0.3) is 0 Å². The third-order valence-corrected chi connectivity index (χ3v) is 3.53. The number of aryl methyl sites for hydroxylation is 2. The summed E-state index contributed by atoms with van der Waals surface area (Å²) >= 11 is 0. The van der Waals surface area contributed by atoms with Gasteiger partial charge in [0, 0.05) is 19.4 Å². The number of carboxylic acid groups (broad SMARTS) is 1. The summed E-state index contributed by atoms with van der Waals surface area (Å²) in [4.78, 5) is 22.2. The number of carbonyl (C=O) groups is 2. The first kappa shape index (κ1) is 17.2. The molecular formula is C17H25NO3. The molecule has 0 heterocycles. The van der Waals surface area contributed by atoms with Crippen molar-refractivity contribution in [3.8, 4) is 0 Å². The number of aliphatic carboxylic acids is 1. The average Bonchev–Trinajstić information content (AvgIpc) is 2.43. The smallest absolute Gasteiger partial charge is 0.303 e. The maximum Gasteiger partial charge on any atom is 0.303 e. The molecule has 0 aromatic heterocycles. The lowest BCUT2D eigenvalue weighted by atomic mass is 10.0. The Bertz CT molecular complexity index is 471. The minimum absolute atomic E-state index is 0.0574. The van der Waals surface area contributed by atoms with Crippen molar-refractivity contribution in [2.45, 2.75) is 46.0 Å². The second kappa shape index (κ2) is 9.16. The Morgan fingerprint density at radius 1 is 1.24 bits per heavy atom. The maximum atomic E-state index is 11.7. The fraction of sp³-hybridized carbons (Fsp3) is 0.529. The van der Waals surface area contributed by atoms with Crippen LogP contribution in [-0.4, -0.2) is 23.5 Å². The molecule has 21 heavy (non-hydrogen) atoms. The van der Waals surface area contributed by atoms with E-state index in [0.717, 1.165) is 12.8 Å². The Morgan fingerprint density at radius 3 is 2.67 bits per heavy atom. The predicted molar refractivity (Wildman–Crippen MR) is 83.2 cm³/mol. The summed E-state index contributed by atoms with van der Waals surface area (Å²) in [5, 5.41) is 11.5. The van der Waals surface area contributed by atoms with Crippen LogP contribution in [-0.2, 0) is 16.0 Å². The summed E-state index contributed by atoms with van der Waals surface area (Å²) in [5.74, 6) is -0.385. The number of nitrogens with one attached hydrogen (secondary N) is 1. The topological polar surface area (TPSA) is 66.4 Å². The van der Waals surface area contributed by atoms with Gasteiger partial charge in [-0.25, -0.2) is 0 Å². The molecule has 0 aliphatic carbocycles. The Labute approximate surface area is 126 Å². The van der Waals surface area contributed by atoms with Crippen LogP contribution in [0.15, 0.2) is 24.3 Å². The molecule has 0 saturated heterocycles. The zero-order valence-corrected chi connectivity index (χ0v) is 12.9. The molecule has 0 aliphatic rings. The molecule has 116 valence electrons. The predicted octanol–water partition coefficient (Wildman–Crippen LogP) is 2.93. The zero-order chi connectivity index (χ0) is 15.7. The van der Waals surface area contributed by atoms with Crippen LogP contribution in [0.1, 0.15) is 43.7 Å². The van der Waals surface area contributed by atoms with Gasteiger partial charge >= 0.3 is 5.97 Å². The van der Waals surface area contributed by atoms with Crippen molar-refractivity contribution in [1.29, 1.82) is 0 Å². The normalized spacial score (nSPS) is 11.9. The molecule has 0 saturated carbocycles. The van der Waals surface area contributed by atoms with Crippen molar-refractivity contribution in [2.24, 2.45) is 5.92 Å². The number of rotatable bonds is 9. The van der Waals surface area contributed by atoms with Crippen molar-refractivity contribution in [3.63, 3.8) is 0 Å². The molecule has 2 N–H and O–H groups in total. The minimum Gasteiger partial charge on any atom is -0.481 e. The Balaban J connectivity index is 2.15. The van der Waals surface area contributed by atoms with Crippen molar-refractivity contribution < 1.29 is 14.7 Å².